The van der Waals surface area contributed by atoms with Crippen molar-refractivity contribution in [1.82, 2.24) is 9.78 Å². The standard InChI is InChI=1S/C13H13BrF2N2O/c1-3-10-12(14)11(18(2)17-10)7-19-13-8(15)5-4-6-9(13)16/h4-6H,3,7H2,1-2H3. The summed E-state index contributed by atoms with van der Waals surface area (Å²) >= 11 is 3.42. The van der Waals surface area contributed by atoms with Crippen LogP contribution in [0.2, 0.25) is 0 Å². The Bertz CT molecular complexity index is 578. The van der Waals surface area contributed by atoms with Crippen LogP contribution in [0.1, 0.15) is 18.3 Å². The van der Waals surface area contributed by atoms with Crippen LogP contribution in [0.25, 0.3) is 0 Å². The van der Waals surface area contributed by atoms with E-state index in [0.29, 0.717) is 0 Å². The highest BCUT2D eigenvalue weighted by atomic mass is 79.9. The van der Waals surface area contributed by atoms with Crippen molar-refractivity contribution >= 4 is 15.9 Å². The minimum Gasteiger partial charge on any atom is -0.481 e. The van der Waals surface area contributed by atoms with Gasteiger partial charge in [-0.05, 0) is 34.5 Å². The second-order valence-electron chi connectivity index (χ2n) is 4.02. The third-order valence-corrected chi connectivity index (χ3v) is 3.69. The molecule has 1 aromatic heterocycles. The summed E-state index contributed by atoms with van der Waals surface area (Å²) < 4.78 is 34.5. The molecule has 0 spiro atoms. The summed E-state index contributed by atoms with van der Waals surface area (Å²) in [6.45, 7) is 2.02. The fraction of sp³-hybridized carbons (Fsp3) is 0.308. The van der Waals surface area contributed by atoms with Gasteiger partial charge in [-0.2, -0.15) is 5.10 Å². The van der Waals surface area contributed by atoms with E-state index in [-0.39, 0.29) is 12.4 Å². The smallest absolute Gasteiger partial charge is 0.191 e. The number of nitrogens with zero attached hydrogens (tertiary/aromatic N) is 2. The first-order valence-corrected chi connectivity index (χ1v) is 6.61. The average Bonchev–Trinajstić information content (AvgIpc) is 2.65. The third-order valence-electron chi connectivity index (χ3n) is 2.78. The molecular weight excluding hydrogens is 318 g/mol. The van der Waals surface area contributed by atoms with E-state index in [9.17, 15) is 8.78 Å². The Labute approximate surface area is 118 Å². The molecule has 0 fully saturated rings. The van der Waals surface area contributed by atoms with Crippen molar-refractivity contribution in [1.29, 1.82) is 0 Å². The molecule has 3 nitrogen and oxygen atoms in total. The fourth-order valence-corrected chi connectivity index (χ4v) is 2.47. The van der Waals surface area contributed by atoms with Crippen molar-refractivity contribution in [2.75, 3.05) is 0 Å². The van der Waals surface area contributed by atoms with Gasteiger partial charge in [0, 0.05) is 7.05 Å². The highest BCUT2D eigenvalue weighted by Gasteiger charge is 2.15. The van der Waals surface area contributed by atoms with E-state index in [0.717, 1.165) is 34.4 Å². The summed E-state index contributed by atoms with van der Waals surface area (Å²) in [7, 11) is 1.76. The lowest BCUT2D eigenvalue weighted by Crippen LogP contribution is -2.05. The lowest BCUT2D eigenvalue weighted by molar-refractivity contribution is 0.264. The zero-order chi connectivity index (χ0) is 14.0. The van der Waals surface area contributed by atoms with E-state index in [4.69, 9.17) is 4.74 Å². The Hall–Kier alpha value is -1.43. The Morgan fingerprint density at radius 3 is 2.47 bits per heavy atom. The van der Waals surface area contributed by atoms with E-state index in [1.165, 1.54) is 6.07 Å². The van der Waals surface area contributed by atoms with E-state index in [1.54, 1.807) is 11.7 Å². The second kappa shape index (κ2) is 5.69. The molecule has 6 heteroatoms. The van der Waals surface area contributed by atoms with Gasteiger partial charge in [-0.1, -0.05) is 13.0 Å². The summed E-state index contributed by atoms with van der Waals surface area (Å²) in [6.07, 6.45) is 0.766. The van der Waals surface area contributed by atoms with Crippen LogP contribution in [0, 0.1) is 11.6 Å². The van der Waals surface area contributed by atoms with Gasteiger partial charge in [0.2, 0.25) is 0 Å². The molecule has 2 rings (SSSR count). The lowest BCUT2D eigenvalue weighted by atomic mass is 10.3. The second-order valence-corrected chi connectivity index (χ2v) is 4.82. The van der Waals surface area contributed by atoms with Gasteiger partial charge in [-0.15, -0.1) is 0 Å². The van der Waals surface area contributed by atoms with E-state index in [1.807, 2.05) is 6.92 Å². The molecule has 2 aromatic rings. The minimum absolute atomic E-state index is 0.0436. The van der Waals surface area contributed by atoms with E-state index >= 15 is 0 Å². The summed E-state index contributed by atoms with van der Waals surface area (Å²) in [5.74, 6) is -1.79. The van der Waals surface area contributed by atoms with Crippen molar-refractivity contribution < 1.29 is 13.5 Å². The molecule has 102 valence electrons. The Morgan fingerprint density at radius 1 is 1.32 bits per heavy atom. The molecule has 19 heavy (non-hydrogen) atoms. The average molecular weight is 331 g/mol. The van der Waals surface area contributed by atoms with Crippen molar-refractivity contribution in [2.45, 2.75) is 20.0 Å². The lowest BCUT2D eigenvalue weighted by Gasteiger charge is -2.08. The first-order chi connectivity index (χ1) is 9.04. The quantitative estimate of drug-likeness (QED) is 0.856. The molecule has 0 amide bonds. The Balaban J connectivity index is 2.22. The maximum Gasteiger partial charge on any atom is 0.191 e. The number of hydrogen-bond acceptors (Lipinski definition) is 2. The van der Waals surface area contributed by atoms with Crippen LogP contribution in [0.3, 0.4) is 0 Å². The first-order valence-electron chi connectivity index (χ1n) is 5.81. The molecule has 0 atom stereocenters. The predicted molar refractivity (Wildman–Crippen MR) is 71.0 cm³/mol. The highest BCUT2D eigenvalue weighted by molar-refractivity contribution is 9.10. The molecule has 0 aliphatic carbocycles. The summed E-state index contributed by atoms with van der Waals surface area (Å²) in [5.41, 5.74) is 1.62. The van der Waals surface area contributed by atoms with E-state index < -0.39 is 11.6 Å². The fourth-order valence-electron chi connectivity index (χ4n) is 1.74. The summed E-state index contributed by atoms with van der Waals surface area (Å²) in [4.78, 5) is 0. The first kappa shape index (κ1) is 14.0. The van der Waals surface area contributed by atoms with Gasteiger partial charge in [-0.3, -0.25) is 4.68 Å². The number of benzene rings is 1. The third kappa shape index (κ3) is 2.78. The van der Waals surface area contributed by atoms with Crippen molar-refractivity contribution in [3.05, 3.63) is 45.7 Å². The SMILES string of the molecule is CCc1nn(C)c(COc2c(F)cccc2F)c1Br. The summed E-state index contributed by atoms with van der Waals surface area (Å²) in [6, 6.07) is 3.62. The van der Waals surface area contributed by atoms with Crippen LogP contribution in [0.5, 0.6) is 5.75 Å². The number of ether oxygens (including phenoxy) is 1. The molecular formula is C13H13BrF2N2O. The number of aromatic nitrogens is 2. The predicted octanol–water partition coefficient (Wildman–Crippen LogP) is 3.60. The van der Waals surface area contributed by atoms with Crippen molar-refractivity contribution in [3.63, 3.8) is 0 Å². The molecule has 0 N–H and O–H groups in total. The molecule has 0 unspecified atom stereocenters. The monoisotopic (exact) mass is 330 g/mol. The van der Waals surface area contributed by atoms with Gasteiger partial charge < -0.3 is 4.74 Å². The molecule has 0 saturated heterocycles. The highest BCUT2D eigenvalue weighted by Crippen LogP contribution is 2.25. The Kier molecular flexibility index (Phi) is 4.19. The van der Waals surface area contributed by atoms with Crippen molar-refractivity contribution in [2.24, 2.45) is 7.05 Å². The van der Waals surface area contributed by atoms with Crippen LogP contribution in [0.4, 0.5) is 8.78 Å². The van der Waals surface area contributed by atoms with Gasteiger partial charge in [-0.25, -0.2) is 8.78 Å². The van der Waals surface area contributed by atoms with Gasteiger partial charge in [0.1, 0.15) is 6.61 Å². The number of hydrogen-bond donors (Lipinski definition) is 0. The van der Waals surface area contributed by atoms with Crippen LogP contribution in [-0.4, -0.2) is 9.78 Å². The number of para-hydroxylation sites is 1. The molecule has 1 heterocycles. The molecule has 0 aliphatic rings. The molecule has 0 saturated carbocycles. The minimum atomic E-state index is -0.714. The van der Waals surface area contributed by atoms with E-state index in [2.05, 4.69) is 21.0 Å². The maximum atomic E-state index is 13.4. The molecule has 0 bridgehead atoms. The Morgan fingerprint density at radius 2 is 1.95 bits per heavy atom. The van der Waals surface area contributed by atoms with Crippen LogP contribution < -0.4 is 4.74 Å². The maximum absolute atomic E-state index is 13.4. The van der Waals surface area contributed by atoms with Crippen LogP contribution in [0.15, 0.2) is 22.7 Å². The van der Waals surface area contributed by atoms with Crippen LogP contribution in [-0.2, 0) is 20.1 Å². The number of rotatable bonds is 4. The largest absolute Gasteiger partial charge is 0.481 e. The van der Waals surface area contributed by atoms with Gasteiger partial charge >= 0.3 is 0 Å². The number of aryl methyl sites for hydroxylation is 2. The van der Waals surface area contributed by atoms with Crippen LogP contribution >= 0.6 is 15.9 Å². The normalized spacial score (nSPS) is 10.8. The molecule has 0 aliphatic heterocycles. The molecule has 0 radical (unpaired) electrons. The van der Waals surface area contributed by atoms with Gasteiger partial charge in [0.05, 0.1) is 15.9 Å². The van der Waals surface area contributed by atoms with Gasteiger partial charge in [0.25, 0.3) is 0 Å². The van der Waals surface area contributed by atoms with Gasteiger partial charge in [0.15, 0.2) is 17.4 Å². The van der Waals surface area contributed by atoms with Crippen molar-refractivity contribution in [3.8, 4) is 5.75 Å². The topological polar surface area (TPSA) is 27.1 Å². The zero-order valence-corrected chi connectivity index (χ0v) is 12.2. The summed E-state index contributed by atoms with van der Waals surface area (Å²) in [5, 5.41) is 4.29. The number of halogens is 3. The zero-order valence-electron chi connectivity index (χ0n) is 10.6. The molecule has 1 aromatic carbocycles.